The van der Waals surface area contributed by atoms with Crippen molar-refractivity contribution in [3.8, 4) is 11.6 Å². The van der Waals surface area contributed by atoms with E-state index in [0.717, 1.165) is 11.0 Å². The third-order valence-corrected chi connectivity index (χ3v) is 3.79. The maximum atomic E-state index is 4.47. The molecule has 0 aromatic carbocycles. The smallest absolute Gasteiger partial charge is 0.200 e. The summed E-state index contributed by atoms with van der Waals surface area (Å²) in [6, 6.07) is 1.91. The van der Waals surface area contributed by atoms with E-state index in [1.54, 1.807) is 12.7 Å². The lowest BCUT2D eigenvalue weighted by atomic mass is 10.4. The van der Waals surface area contributed by atoms with E-state index in [-0.39, 0.29) is 0 Å². The molecule has 114 valence electrons. The number of rotatable bonds is 1. The number of fused-ring (bicyclic) bond motifs is 4. The number of nitrogens with one attached hydrogen (secondary N) is 4. The van der Waals surface area contributed by atoms with Gasteiger partial charge >= 0.3 is 0 Å². The minimum atomic E-state index is 0.478. The lowest BCUT2D eigenvalue weighted by Gasteiger charge is -1.87. The van der Waals surface area contributed by atoms with Gasteiger partial charge in [0.15, 0.2) is 45.5 Å². The van der Waals surface area contributed by atoms with Crippen LogP contribution in [-0.4, -0.2) is 54.8 Å². The van der Waals surface area contributed by atoms with Crippen LogP contribution in [0.5, 0.6) is 0 Å². The van der Waals surface area contributed by atoms with Crippen LogP contribution in [0.15, 0.2) is 18.7 Å². The minimum absolute atomic E-state index is 0.478. The maximum absolute atomic E-state index is 4.47. The summed E-state index contributed by atoms with van der Waals surface area (Å²) in [5.74, 6) is 1.09. The van der Waals surface area contributed by atoms with Gasteiger partial charge in [0.25, 0.3) is 0 Å². The number of aromatic nitrogens is 11. The Labute approximate surface area is 131 Å². The Morgan fingerprint density at radius 2 is 1.38 bits per heavy atom. The second kappa shape index (κ2) is 3.90. The summed E-state index contributed by atoms with van der Waals surface area (Å²) >= 11 is 0. The molecule has 0 aliphatic rings. The zero-order valence-electron chi connectivity index (χ0n) is 11.9. The van der Waals surface area contributed by atoms with Gasteiger partial charge in [-0.2, -0.15) is 0 Å². The molecule has 0 aliphatic carbocycles. The van der Waals surface area contributed by atoms with E-state index >= 15 is 0 Å². The largest absolute Gasteiger partial charge is 0.343 e. The molecule has 6 aromatic heterocycles. The van der Waals surface area contributed by atoms with Crippen molar-refractivity contribution in [3.63, 3.8) is 0 Å². The molecule has 0 fully saturated rings. The van der Waals surface area contributed by atoms with E-state index in [2.05, 4.69) is 54.8 Å². The van der Waals surface area contributed by atoms with Crippen LogP contribution in [0.1, 0.15) is 0 Å². The highest BCUT2D eigenvalue weighted by Crippen LogP contribution is 2.21. The Balaban J connectivity index is 1.58. The predicted octanol–water partition coefficient (Wildman–Crippen LogP) is 1.04. The SMILES string of the molecule is c1nc2nc3nc(-c4nc5nc6nc[nH]c6nc5[nH]4)[nH]c3cc2[nH]1. The first-order valence-electron chi connectivity index (χ1n) is 7.10. The number of nitrogens with zero attached hydrogens (tertiary/aromatic N) is 7. The lowest BCUT2D eigenvalue weighted by molar-refractivity contribution is 1.20. The summed E-state index contributed by atoms with van der Waals surface area (Å²) in [5, 5.41) is 0. The molecule has 0 aliphatic heterocycles. The van der Waals surface area contributed by atoms with Gasteiger partial charge in [-0.25, -0.2) is 34.9 Å². The Morgan fingerprint density at radius 1 is 0.583 bits per heavy atom. The number of aromatic amines is 4. The molecular formula is C13H7N11. The summed E-state index contributed by atoms with van der Waals surface area (Å²) in [5.41, 5.74) is 4.98. The lowest BCUT2D eigenvalue weighted by Crippen LogP contribution is -1.84. The average molecular weight is 317 g/mol. The van der Waals surface area contributed by atoms with E-state index in [4.69, 9.17) is 0 Å². The van der Waals surface area contributed by atoms with Gasteiger partial charge in [-0.1, -0.05) is 0 Å². The second-order valence-corrected chi connectivity index (χ2v) is 5.27. The molecule has 0 saturated heterocycles. The van der Waals surface area contributed by atoms with Gasteiger partial charge in [0, 0.05) is 0 Å². The Bertz CT molecular complexity index is 1160. The second-order valence-electron chi connectivity index (χ2n) is 5.27. The van der Waals surface area contributed by atoms with Crippen LogP contribution < -0.4 is 0 Å². The van der Waals surface area contributed by atoms with Crippen LogP contribution in [0.2, 0.25) is 0 Å². The number of pyridine rings is 1. The van der Waals surface area contributed by atoms with Crippen molar-refractivity contribution < 1.29 is 0 Å². The molecule has 6 rings (SSSR count). The number of H-pyrrole nitrogens is 4. The molecule has 0 saturated carbocycles. The first-order valence-corrected chi connectivity index (χ1v) is 7.10. The third-order valence-electron chi connectivity index (χ3n) is 3.79. The normalized spacial score (nSPS) is 12.2. The monoisotopic (exact) mass is 317 g/mol. The van der Waals surface area contributed by atoms with Gasteiger partial charge in [-0.3, -0.25) is 0 Å². The third kappa shape index (κ3) is 1.47. The van der Waals surface area contributed by atoms with Gasteiger partial charge in [-0.05, 0) is 6.07 Å². The average Bonchev–Trinajstić information content (AvgIpc) is 3.33. The van der Waals surface area contributed by atoms with Crippen molar-refractivity contribution >= 4 is 44.9 Å². The topological polar surface area (TPSA) is 153 Å². The fourth-order valence-electron chi connectivity index (χ4n) is 2.69. The summed E-state index contributed by atoms with van der Waals surface area (Å²) in [6.45, 7) is 0. The molecule has 24 heavy (non-hydrogen) atoms. The molecule has 0 amide bonds. The molecule has 0 bridgehead atoms. The van der Waals surface area contributed by atoms with E-state index < -0.39 is 0 Å². The molecule has 0 radical (unpaired) electrons. The molecule has 11 nitrogen and oxygen atoms in total. The van der Waals surface area contributed by atoms with E-state index in [9.17, 15) is 0 Å². The molecule has 4 N–H and O–H groups in total. The summed E-state index contributed by atoms with van der Waals surface area (Å²) in [6.07, 6.45) is 3.15. The molecule has 6 heterocycles. The first kappa shape index (κ1) is 11.6. The van der Waals surface area contributed by atoms with Crippen molar-refractivity contribution in [1.82, 2.24) is 54.8 Å². The van der Waals surface area contributed by atoms with Gasteiger partial charge < -0.3 is 19.9 Å². The Kier molecular flexibility index (Phi) is 1.89. The van der Waals surface area contributed by atoms with E-state index in [1.165, 1.54) is 0 Å². The highest BCUT2D eigenvalue weighted by Gasteiger charge is 2.14. The fourth-order valence-corrected chi connectivity index (χ4v) is 2.69. The van der Waals surface area contributed by atoms with Crippen LogP contribution >= 0.6 is 0 Å². The van der Waals surface area contributed by atoms with Crippen molar-refractivity contribution in [1.29, 1.82) is 0 Å². The highest BCUT2D eigenvalue weighted by atomic mass is 15.1. The van der Waals surface area contributed by atoms with E-state index in [0.29, 0.717) is 45.5 Å². The molecule has 0 atom stereocenters. The van der Waals surface area contributed by atoms with Crippen LogP contribution in [0, 0.1) is 0 Å². The van der Waals surface area contributed by atoms with Crippen LogP contribution in [0.3, 0.4) is 0 Å². The highest BCUT2D eigenvalue weighted by molar-refractivity contribution is 5.87. The van der Waals surface area contributed by atoms with Crippen molar-refractivity contribution in [3.05, 3.63) is 18.7 Å². The van der Waals surface area contributed by atoms with Crippen LogP contribution in [-0.2, 0) is 0 Å². The number of hydrogen-bond acceptors (Lipinski definition) is 7. The zero-order valence-corrected chi connectivity index (χ0v) is 11.9. The predicted molar refractivity (Wildman–Crippen MR) is 83.9 cm³/mol. The molecule has 6 aromatic rings. The minimum Gasteiger partial charge on any atom is -0.343 e. The van der Waals surface area contributed by atoms with Gasteiger partial charge in [-0.15, -0.1) is 0 Å². The van der Waals surface area contributed by atoms with Gasteiger partial charge in [0.2, 0.25) is 0 Å². The van der Waals surface area contributed by atoms with Crippen molar-refractivity contribution in [2.45, 2.75) is 0 Å². The zero-order chi connectivity index (χ0) is 15.7. The Morgan fingerprint density at radius 3 is 2.38 bits per heavy atom. The van der Waals surface area contributed by atoms with Crippen LogP contribution in [0.4, 0.5) is 0 Å². The van der Waals surface area contributed by atoms with Crippen molar-refractivity contribution in [2.75, 3.05) is 0 Å². The number of hydrogen-bond donors (Lipinski definition) is 4. The van der Waals surface area contributed by atoms with E-state index in [1.807, 2.05) is 6.07 Å². The maximum Gasteiger partial charge on any atom is 0.200 e. The van der Waals surface area contributed by atoms with Crippen molar-refractivity contribution in [2.24, 2.45) is 0 Å². The Hall–Kier alpha value is -3.89. The van der Waals surface area contributed by atoms with Gasteiger partial charge in [0.05, 0.1) is 23.7 Å². The standard InChI is InChI=1S/C13H7N11/c1-4-6(15-2-14-4)19-7-5(1)18-10(20-7)11-23-12-13(24-11)22-9-8(21-12)16-3-17-9/h1-3H,(H2,14,15,18,19,20)(H2,16,17,21,22,23,24). The summed E-state index contributed by atoms with van der Waals surface area (Å²) in [7, 11) is 0. The van der Waals surface area contributed by atoms with Crippen LogP contribution in [0.25, 0.3) is 56.6 Å². The quantitative estimate of drug-likeness (QED) is 0.353. The first-order chi connectivity index (χ1) is 11.8. The molecule has 11 heteroatoms. The summed E-state index contributed by atoms with van der Waals surface area (Å²) in [4.78, 5) is 42.5. The number of imidazole rings is 4. The summed E-state index contributed by atoms with van der Waals surface area (Å²) < 4.78 is 0. The molecule has 0 unspecified atom stereocenters. The fraction of sp³-hybridized carbons (Fsp3) is 0. The molecule has 0 spiro atoms. The molecular weight excluding hydrogens is 310 g/mol. The van der Waals surface area contributed by atoms with Gasteiger partial charge in [0.1, 0.15) is 0 Å².